The Kier molecular flexibility index (Phi) is 6.76. The van der Waals surface area contributed by atoms with E-state index in [1.165, 1.54) is 12.3 Å². The van der Waals surface area contributed by atoms with Crippen molar-refractivity contribution in [1.29, 1.82) is 0 Å². The normalized spacial score (nSPS) is 15.5. The fourth-order valence-electron chi connectivity index (χ4n) is 3.73. The van der Waals surface area contributed by atoms with E-state index in [9.17, 15) is 18.0 Å². The summed E-state index contributed by atoms with van der Waals surface area (Å²) in [6.07, 6.45) is 1.24. The average molecular weight is 490 g/mol. The monoisotopic (exact) mass is 490 g/mol. The van der Waals surface area contributed by atoms with Crippen LogP contribution in [0.4, 0.5) is 30.6 Å². The van der Waals surface area contributed by atoms with Gasteiger partial charge >= 0.3 is 6.18 Å². The lowest BCUT2D eigenvalue weighted by atomic mass is 10.1. The van der Waals surface area contributed by atoms with E-state index in [-0.39, 0.29) is 17.8 Å². The molecule has 0 fully saturated rings. The molecule has 0 radical (unpaired) electrons. The maximum atomic E-state index is 12.3. The van der Waals surface area contributed by atoms with Gasteiger partial charge in [0.1, 0.15) is 11.7 Å². The lowest BCUT2D eigenvalue weighted by molar-refractivity contribution is -0.154. The van der Waals surface area contributed by atoms with Gasteiger partial charge in [-0.2, -0.15) is 23.3 Å². The SMILES string of the molecule is CC[C@H]1C(=O)Nc2c(C)nc(NCc3cnn(Cc4ccc(OCC(F)(F)F)nc4)c3)nc2N1C. The first-order valence-corrected chi connectivity index (χ1v) is 10.9. The highest BCUT2D eigenvalue weighted by Crippen LogP contribution is 2.33. The zero-order valence-electron chi connectivity index (χ0n) is 19.4. The van der Waals surface area contributed by atoms with Crippen molar-refractivity contribution in [1.82, 2.24) is 24.7 Å². The molecule has 35 heavy (non-hydrogen) atoms. The molecule has 3 aromatic rings. The smallest absolute Gasteiger partial charge is 0.422 e. The second-order valence-corrected chi connectivity index (χ2v) is 8.16. The van der Waals surface area contributed by atoms with Crippen molar-refractivity contribution in [2.24, 2.45) is 0 Å². The van der Waals surface area contributed by atoms with Crippen molar-refractivity contribution in [3.8, 4) is 5.88 Å². The second kappa shape index (κ2) is 9.76. The van der Waals surface area contributed by atoms with Gasteiger partial charge in [-0.25, -0.2) is 9.97 Å². The van der Waals surface area contributed by atoms with Crippen molar-refractivity contribution in [2.75, 3.05) is 29.2 Å². The van der Waals surface area contributed by atoms with Crippen molar-refractivity contribution >= 4 is 23.4 Å². The van der Waals surface area contributed by atoms with Crippen LogP contribution in [0.3, 0.4) is 0 Å². The Bertz CT molecular complexity index is 1200. The number of likely N-dealkylation sites (N-methyl/N-ethyl adjacent to an activating group) is 1. The molecule has 0 spiro atoms. The zero-order chi connectivity index (χ0) is 25.2. The topological polar surface area (TPSA) is 110 Å². The molecule has 3 aromatic heterocycles. The summed E-state index contributed by atoms with van der Waals surface area (Å²) in [6.45, 7) is 3.20. The third-order valence-corrected chi connectivity index (χ3v) is 5.47. The lowest BCUT2D eigenvalue weighted by Crippen LogP contribution is -2.46. The molecule has 10 nitrogen and oxygen atoms in total. The minimum Gasteiger partial charge on any atom is -0.468 e. The molecular weight excluding hydrogens is 465 g/mol. The van der Waals surface area contributed by atoms with Gasteiger partial charge in [-0.15, -0.1) is 0 Å². The fraction of sp³-hybridized carbons (Fsp3) is 0.409. The molecule has 186 valence electrons. The molecule has 1 aliphatic heterocycles. The number of amides is 1. The highest BCUT2D eigenvalue weighted by atomic mass is 19.4. The molecule has 0 aromatic carbocycles. The van der Waals surface area contributed by atoms with E-state index >= 15 is 0 Å². The van der Waals surface area contributed by atoms with Crippen LogP contribution in [0.2, 0.25) is 0 Å². The number of ether oxygens (including phenoxy) is 1. The number of fused-ring (bicyclic) bond motifs is 1. The first-order chi connectivity index (χ1) is 16.6. The Balaban J connectivity index is 1.37. The molecule has 0 saturated carbocycles. The van der Waals surface area contributed by atoms with Crippen molar-refractivity contribution in [3.05, 3.63) is 47.5 Å². The Morgan fingerprint density at radius 1 is 1.20 bits per heavy atom. The number of anilines is 3. The predicted octanol–water partition coefficient (Wildman–Crippen LogP) is 3.14. The number of pyridine rings is 1. The van der Waals surface area contributed by atoms with Gasteiger partial charge < -0.3 is 20.3 Å². The molecule has 0 saturated heterocycles. The zero-order valence-corrected chi connectivity index (χ0v) is 19.4. The quantitative estimate of drug-likeness (QED) is 0.496. The summed E-state index contributed by atoms with van der Waals surface area (Å²) in [5.41, 5.74) is 2.92. The number of hydrogen-bond acceptors (Lipinski definition) is 8. The molecule has 0 aliphatic carbocycles. The molecule has 1 atom stereocenters. The van der Waals surface area contributed by atoms with Crippen molar-refractivity contribution in [3.63, 3.8) is 0 Å². The summed E-state index contributed by atoms with van der Waals surface area (Å²) >= 11 is 0. The molecule has 1 aliphatic rings. The van der Waals surface area contributed by atoms with E-state index in [0.717, 1.165) is 11.1 Å². The molecule has 4 heterocycles. The van der Waals surface area contributed by atoms with E-state index in [4.69, 9.17) is 0 Å². The van der Waals surface area contributed by atoms with Crippen LogP contribution in [-0.4, -0.2) is 56.5 Å². The Labute approximate surface area is 199 Å². The number of nitrogens with zero attached hydrogens (tertiary/aromatic N) is 6. The predicted molar refractivity (Wildman–Crippen MR) is 122 cm³/mol. The van der Waals surface area contributed by atoms with E-state index in [0.29, 0.717) is 42.7 Å². The maximum Gasteiger partial charge on any atom is 0.422 e. The molecule has 4 rings (SSSR count). The number of aryl methyl sites for hydroxylation is 1. The Morgan fingerprint density at radius 2 is 2.00 bits per heavy atom. The lowest BCUT2D eigenvalue weighted by Gasteiger charge is -2.34. The minimum atomic E-state index is -4.41. The number of hydrogen-bond donors (Lipinski definition) is 2. The van der Waals surface area contributed by atoms with Crippen LogP contribution in [0, 0.1) is 6.92 Å². The number of aromatic nitrogens is 5. The van der Waals surface area contributed by atoms with E-state index < -0.39 is 12.8 Å². The molecule has 0 unspecified atom stereocenters. The van der Waals surface area contributed by atoms with Crippen LogP contribution >= 0.6 is 0 Å². The highest BCUT2D eigenvalue weighted by Gasteiger charge is 2.32. The van der Waals surface area contributed by atoms with E-state index in [1.807, 2.05) is 32.0 Å². The third-order valence-electron chi connectivity index (χ3n) is 5.47. The van der Waals surface area contributed by atoms with Crippen LogP contribution in [0.5, 0.6) is 5.88 Å². The first kappa shape index (κ1) is 24.2. The number of halogens is 3. The summed E-state index contributed by atoms with van der Waals surface area (Å²) < 4.78 is 43.0. The van der Waals surface area contributed by atoms with Gasteiger partial charge in [-0.1, -0.05) is 13.0 Å². The van der Waals surface area contributed by atoms with Gasteiger partial charge in [0, 0.05) is 37.6 Å². The number of rotatable bonds is 8. The number of nitrogens with one attached hydrogen (secondary N) is 2. The maximum absolute atomic E-state index is 12.3. The van der Waals surface area contributed by atoms with Gasteiger partial charge in [0.25, 0.3) is 0 Å². The van der Waals surface area contributed by atoms with Gasteiger partial charge in [0.2, 0.25) is 17.7 Å². The third kappa shape index (κ3) is 5.78. The van der Waals surface area contributed by atoms with Gasteiger partial charge in [0.05, 0.1) is 18.4 Å². The summed E-state index contributed by atoms with van der Waals surface area (Å²) in [6, 6.07) is 2.74. The second-order valence-electron chi connectivity index (χ2n) is 8.16. The first-order valence-electron chi connectivity index (χ1n) is 10.9. The highest BCUT2D eigenvalue weighted by molar-refractivity contribution is 6.03. The largest absolute Gasteiger partial charge is 0.468 e. The van der Waals surface area contributed by atoms with Crippen molar-refractivity contribution in [2.45, 2.75) is 45.6 Å². The number of carbonyl (C=O) groups excluding carboxylic acids is 1. The van der Waals surface area contributed by atoms with E-state index in [2.05, 4.69) is 35.4 Å². The van der Waals surface area contributed by atoms with Gasteiger partial charge in [0.15, 0.2) is 12.4 Å². The van der Waals surface area contributed by atoms with Crippen LogP contribution in [0.25, 0.3) is 0 Å². The van der Waals surface area contributed by atoms with Gasteiger partial charge in [-0.3, -0.25) is 9.48 Å². The standard InChI is InChI=1S/C22H25F3N8O2/c1-4-16-20(34)30-18-13(2)29-21(31-19(18)32(16)3)27-8-15-9-28-33(11-15)10-14-5-6-17(26-7-14)35-12-22(23,24)25/h5-7,9,11,16H,4,8,10,12H2,1-3H3,(H,30,34)(H,27,29,31)/t16-/m0/s1. The minimum absolute atomic E-state index is 0.0685. The van der Waals surface area contributed by atoms with Crippen LogP contribution in [0.15, 0.2) is 30.7 Å². The number of carbonyl (C=O) groups is 1. The summed E-state index contributed by atoms with van der Waals surface area (Å²) in [5, 5.41) is 10.4. The van der Waals surface area contributed by atoms with Crippen LogP contribution in [0.1, 0.15) is 30.2 Å². The summed E-state index contributed by atoms with van der Waals surface area (Å²) in [5.74, 6) is 0.941. The van der Waals surface area contributed by atoms with Crippen molar-refractivity contribution < 1.29 is 22.7 Å². The summed E-state index contributed by atoms with van der Waals surface area (Å²) in [4.78, 5) is 27.1. The molecule has 0 bridgehead atoms. The summed E-state index contributed by atoms with van der Waals surface area (Å²) in [7, 11) is 1.84. The Morgan fingerprint density at radius 3 is 2.69 bits per heavy atom. The molecular formula is C22H25F3N8O2. The molecule has 1 amide bonds. The van der Waals surface area contributed by atoms with Crippen LogP contribution in [-0.2, 0) is 17.9 Å². The van der Waals surface area contributed by atoms with E-state index in [1.54, 1.807) is 16.9 Å². The van der Waals surface area contributed by atoms with Gasteiger partial charge in [-0.05, 0) is 18.9 Å². The molecule has 13 heteroatoms. The Hall–Kier alpha value is -3.90. The van der Waals surface area contributed by atoms with Crippen LogP contribution < -0.4 is 20.3 Å². The number of alkyl halides is 3. The average Bonchev–Trinajstić information content (AvgIpc) is 3.25. The molecule has 2 N–H and O–H groups in total. The fourth-order valence-corrected chi connectivity index (χ4v) is 3.73.